The Morgan fingerprint density at radius 3 is 0.835 bits per heavy atom. The Kier molecular flexibility index (Phi) is 62.7. The number of hydrogen-bond donors (Lipinski definition) is 3. The summed E-state index contributed by atoms with van der Waals surface area (Å²) < 4.78 is 68.2. The van der Waals surface area contributed by atoms with Crippen molar-refractivity contribution in [1.82, 2.24) is 0 Å². The topological polar surface area (TPSA) is 237 Å². The number of unbranched alkanes of at least 4 members (excludes halogenated alkanes) is 40. The van der Waals surface area contributed by atoms with Crippen LogP contribution >= 0.6 is 15.6 Å². The van der Waals surface area contributed by atoms with Gasteiger partial charge in [0.1, 0.15) is 19.3 Å². The van der Waals surface area contributed by atoms with Gasteiger partial charge in [-0.2, -0.15) is 0 Å². The van der Waals surface area contributed by atoms with Gasteiger partial charge in [0.05, 0.1) is 26.4 Å². The molecule has 3 unspecified atom stereocenters. The van der Waals surface area contributed by atoms with Gasteiger partial charge in [0.25, 0.3) is 0 Å². The summed E-state index contributed by atoms with van der Waals surface area (Å²) in [4.78, 5) is 72.4. The number of phosphoric acid groups is 2. The number of carbonyl (C=O) groups excluding carboxylic acids is 4. The lowest BCUT2D eigenvalue weighted by atomic mass is 9.99. The van der Waals surface area contributed by atoms with Crippen LogP contribution in [0.4, 0.5) is 0 Å². The average Bonchev–Trinajstić information content (AvgIpc) is 3.43. The van der Waals surface area contributed by atoms with Crippen LogP contribution in [-0.2, 0) is 65.4 Å². The zero-order valence-corrected chi connectivity index (χ0v) is 60.9. The molecule has 0 aliphatic rings. The fourth-order valence-corrected chi connectivity index (χ4v) is 12.5. The van der Waals surface area contributed by atoms with Crippen molar-refractivity contribution in [3.8, 4) is 0 Å². The molecule has 0 saturated carbocycles. The highest BCUT2D eigenvalue weighted by Crippen LogP contribution is 2.45. The second-order valence-electron chi connectivity index (χ2n) is 26.7. The Morgan fingerprint density at radius 1 is 0.319 bits per heavy atom. The van der Waals surface area contributed by atoms with E-state index in [1.165, 1.54) is 180 Å². The van der Waals surface area contributed by atoms with E-state index in [1.807, 2.05) is 0 Å². The summed E-state index contributed by atoms with van der Waals surface area (Å²) in [6.45, 7) is 9.51. The summed E-state index contributed by atoms with van der Waals surface area (Å²) in [5.41, 5.74) is 0. The van der Waals surface area contributed by atoms with E-state index >= 15 is 0 Å². The van der Waals surface area contributed by atoms with E-state index in [0.29, 0.717) is 25.7 Å². The van der Waals surface area contributed by atoms with Gasteiger partial charge in [-0.1, -0.05) is 318 Å². The maximum absolute atomic E-state index is 13.0. The Bertz CT molecular complexity index is 1770. The van der Waals surface area contributed by atoms with Crippen molar-refractivity contribution in [2.75, 3.05) is 39.6 Å². The van der Waals surface area contributed by atoms with Gasteiger partial charge in [-0.15, -0.1) is 0 Å². The van der Waals surface area contributed by atoms with Crippen molar-refractivity contribution in [2.45, 2.75) is 387 Å². The van der Waals surface area contributed by atoms with Gasteiger partial charge in [0.2, 0.25) is 0 Å². The van der Waals surface area contributed by atoms with Crippen LogP contribution in [0, 0.1) is 11.8 Å². The van der Waals surface area contributed by atoms with Crippen LogP contribution < -0.4 is 0 Å². The van der Waals surface area contributed by atoms with E-state index in [2.05, 4.69) is 41.5 Å². The number of carbonyl (C=O) groups is 4. The highest BCUT2D eigenvalue weighted by Gasteiger charge is 2.30. The number of aliphatic hydroxyl groups is 1. The van der Waals surface area contributed by atoms with E-state index in [0.717, 1.165) is 108 Å². The van der Waals surface area contributed by atoms with E-state index < -0.39 is 97.5 Å². The highest BCUT2D eigenvalue weighted by atomic mass is 31.2. The quantitative estimate of drug-likeness (QED) is 0.0222. The molecule has 0 spiro atoms. The molecule has 0 heterocycles. The third kappa shape index (κ3) is 65.1. The molecule has 0 aliphatic carbocycles. The molecule has 3 N–H and O–H groups in total. The minimum atomic E-state index is -4.95. The SMILES string of the molecule is CCCCCCCCCCCCCCCCCCCCC(=O)O[C@H](COC(=O)CCCCCCCCCCCCCC(C)C)COP(=O)(O)OC[C@@H](O)COP(=O)(O)OC[C@@H](COC(=O)CCCCCCC)OC(=O)CCCCCCCCCCCCC(C)CC. The van der Waals surface area contributed by atoms with Gasteiger partial charge in [-0.05, 0) is 37.5 Å². The first-order valence-corrected chi connectivity index (χ1v) is 40.5. The Hall–Kier alpha value is -1.94. The minimum absolute atomic E-state index is 0.105. The minimum Gasteiger partial charge on any atom is -0.462 e. The van der Waals surface area contributed by atoms with Crippen molar-refractivity contribution in [3.05, 3.63) is 0 Å². The molecule has 19 heteroatoms. The molecule has 0 rings (SSSR count). The molecule has 0 fully saturated rings. The van der Waals surface area contributed by atoms with Crippen molar-refractivity contribution < 1.29 is 80.2 Å². The van der Waals surface area contributed by atoms with Crippen LogP contribution in [0.25, 0.3) is 0 Å². The lowest BCUT2D eigenvalue weighted by Gasteiger charge is -2.21. The average molecular weight is 1340 g/mol. The van der Waals surface area contributed by atoms with Crippen molar-refractivity contribution in [1.29, 1.82) is 0 Å². The van der Waals surface area contributed by atoms with E-state index in [4.69, 9.17) is 37.0 Å². The molecule has 0 saturated heterocycles. The van der Waals surface area contributed by atoms with Gasteiger partial charge in [0.15, 0.2) is 12.2 Å². The molecular weight excluding hydrogens is 1200 g/mol. The lowest BCUT2D eigenvalue weighted by Crippen LogP contribution is -2.30. The predicted octanol–water partition coefficient (Wildman–Crippen LogP) is 20.8. The number of aliphatic hydroxyl groups excluding tert-OH is 1. The molecule has 17 nitrogen and oxygen atoms in total. The van der Waals surface area contributed by atoms with E-state index in [9.17, 15) is 43.2 Å². The molecule has 6 atom stereocenters. The lowest BCUT2D eigenvalue weighted by molar-refractivity contribution is -0.161. The summed E-state index contributed by atoms with van der Waals surface area (Å²) in [5.74, 6) is -0.557. The van der Waals surface area contributed by atoms with E-state index in [1.54, 1.807) is 0 Å². The molecule has 0 radical (unpaired) electrons. The summed E-state index contributed by atoms with van der Waals surface area (Å²) >= 11 is 0. The summed E-state index contributed by atoms with van der Waals surface area (Å²) in [6, 6.07) is 0. The fourth-order valence-electron chi connectivity index (χ4n) is 10.9. The summed E-state index contributed by atoms with van der Waals surface area (Å²) in [5, 5.41) is 10.6. The first-order chi connectivity index (χ1) is 43.9. The van der Waals surface area contributed by atoms with Crippen LogP contribution in [0.15, 0.2) is 0 Å². The maximum atomic E-state index is 13.0. The number of phosphoric ester groups is 2. The molecule has 0 aromatic carbocycles. The Labute approximate surface area is 556 Å². The molecule has 0 aliphatic heterocycles. The zero-order valence-electron chi connectivity index (χ0n) is 59.1. The second-order valence-corrected chi connectivity index (χ2v) is 29.6. The highest BCUT2D eigenvalue weighted by molar-refractivity contribution is 7.47. The second kappa shape index (κ2) is 64.1. The van der Waals surface area contributed by atoms with Crippen LogP contribution in [0.2, 0.25) is 0 Å². The first-order valence-electron chi connectivity index (χ1n) is 37.5. The normalized spacial score (nSPS) is 14.4. The van der Waals surface area contributed by atoms with Crippen LogP contribution in [0.1, 0.15) is 369 Å². The van der Waals surface area contributed by atoms with Crippen molar-refractivity contribution >= 4 is 39.5 Å². The summed E-state index contributed by atoms with van der Waals surface area (Å²) in [6.07, 6.45) is 50.3. The predicted molar refractivity (Wildman–Crippen MR) is 368 cm³/mol. The zero-order chi connectivity index (χ0) is 67.2. The van der Waals surface area contributed by atoms with Crippen molar-refractivity contribution in [3.63, 3.8) is 0 Å². The third-order valence-electron chi connectivity index (χ3n) is 17.1. The van der Waals surface area contributed by atoms with Crippen LogP contribution in [0.3, 0.4) is 0 Å². The number of hydrogen-bond acceptors (Lipinski definition) is 15. The fraction of sp³-hybridized carbons (Fsp3) is 0.944. The molecule has 0 aromatic rings. The van der Waals surface area contributed by atoms with Gasteiger partial charge >= 0.3 is 39.5 Å². The summed E-state index contributed by atoms with van der Waals surface area (Å²) in [7, 11) is -9.90. The Morgan fingerprint density at radius 2 is 0.560 bits per heavy atom. The number of rotatable bonds is 71. The molecule has 0 amide bonds. The molecule has 91 heavy (non-hydrogen) atoms. The molecular formula is C72H140O17P2. The van der Waals surface area contributed by atoms with E-state index in [-0.39, 0.29) is 25.7 Å². The molecule has 0 aromatic heterocycles. The smallest absolute Gasteiger partial charge is 0.462 e. The Balaban J connectivity index is 5.15. The standard InChI is InChI=1S/C72H140O17P2/c1-7-10-12-14-15-16-17-18-19-20-21-22-23-26-33-38-44-50-56-72(77)89-68(61-83-70(75)55-49-43-37-32-27-24-25-30-35-41-46-52-64(4)5)63-87-91(80,81)85-59-66(73)58-84-90(78,79)86-62-67(60-82-69(74)54-48-40-13-11-8-2)88-71(76)57-51-45-39-34-29-28-31-36-42-47-53-65(6)9-3/h64-68,73H,7-63H2,1-6H3,(H,78,79)(H,80,81)/t65?,66-,67+,68+/m0/s1. The largest absolute Gasteiger partial charge is 0.472 e. The van der Waals surface area contributed by atoms with Gasteiger partial charge in [-0.3, -0.25) is 37.3 Å². The van der Waals surface area contributed by atoms with Gasteiger partial charge in [0, 0.05) is 25.7 Å². The first kappa shape index (κ1) is 89.1. The number of ether oxygens (including phenoxy) is 4. The van der Waals surface area contributed by atoms with Gasteiger partial charge < -0.3 is 33.8 Å². The molecule has 0 bridgehead atoms. The number of esters is 4. The maximum Gasteiger partial charge on any atom is 0.472 e. The van der Waals surface area contributed by atoms with Gasteiger partial charge in [-0.25, -0.2) is 9.13 Å². The van der Waals surface area contributed by atoms with Crippen LogP contribution in [-0.4, -0.2) is 96.7 Å². The monoisotopic (exact) mass is 1340 g/mol. The third-order valence-corrected chi connectivity index (χ3v) is 19.0. The van der Waals surface area contributed by atoms with Crippen molar-refractivity contribution in [2.24, 2.45) is 11.8 Å². The van der Waals surface area contributed by atoms with Crippen LogP contribution in [0.5, 0.6) is 0 Å². The molecule has 540 valence electrons.